The molecule has 3 aromatic rings. The van der Waals surface area contributed by atoms with Gasteiger partial charge in [0.25, 0.3) is 5.91 Å². The van der Waals surface area contributed by atoms with Gasteiger partial charge in [0.1, 0.15) is 5.56 Å². The highest BCUT2D eigenvalue weighted by atomic mass is 35.5. The van der Waals surface area contributed by atoms with Gasteiger partial charge in [0.2, 0.25) is 0 Å². The van der Waals surface area contributed by atoms with Crippen molar-refractivity contribution in [1.29, 1.82) is 0 Å². The summed E-state index contributed by atoms with van der Waals surface area (Å²) in [6, 6.07) is 15.7. The van der Waals surface area contributed by atoms with Crippen molar-refractivity contribution < 1.29 is 4.79 Å². The van der Waals surface area contributed by atoms with Crippen LogP contribution in [0.3, 0.4) is 0 Å². The maximum Gasteiger partial charge on any atom is 0.268 e. The minimum atomic E-state index is -0.0917. The van der Waals surface area contributed by atoms with Crippen LogP contribution in [-0.2, 0) is 0 Å². The number of rotatable bonds is 2. The predicted molar refractivity (Wildman–Crippen MR) is 103 cm³/mol. The highest BCUT2D eigenvalue weighted by Crippen LogP contribution is 2.44. The molecule has 6 heteroatoms. The molecule has 5 rings (SSSR count). The van der Waals surface area contributed by atoms with E-state index in [1.54, 1.807) is 4.90 Å². The average molecular weight is 365 g/mol. The number of halogens is 1. The molecule has 1 aliphatic carbocycles. The lowest BCUT2D eigenvalue weighted by molar-refractivity contribution is 0.100. The largest absolute Gasteiger partial charge is 0.326 e. The summed E-state index contributed by atoms with van der Waals surface area (Å²) in [5.74, 6) is 0.592. The fourth-order valence-electron chi connectivity index (χ4n) is 3.44. The van der Waals surface area contributed by atoms with Crippen molar-refractivity contribution >= 4 is 40.4 Å². The van der Waals surface area contributed by atoms with Crippen LogP contribution in [0.2, 0.25) is 5.02 Å². The molecule has 130 valence electrons. The Hall–Kier alpha value is -2.79. The third-order valence-electron chi connectivity index (χ3n) is 4.94. The Balaban J connectivity index is 1.76. The predicted octanol–water partition coefficient (Wildman–Crippen LogP) is 4.93. The number of aromatic nitrogens is 2. The summed E-state index contributed by atoms with van der Waals surface area (Å²) < 4.78 is 1.93. The Morgan fingerprint density at radius 3 is 2.58 bits per heavy atom. The number of fused-ring (bicyclic) bond motifs is 2. The van der Waals surface area contributed by atoms with E-state index in [9.17, 15) is 4.79 Å². The van der Waals surface area contributed by atoms with Crippen LogP contribution in [0.4, 0.5) is 22.9 Å². The van der Waals surface area contributed by atoms with Crippen LogP contribution in [0.15, 0.2) is 54.7 Å². The molecule has 0 atom stereocenters. The number of hydrogen-bond acceptors (Lipinski definition) is 3. The minimum absolute atomic E-state index is 0.0917. The molecule has 2 aromatic carbocycles. The highest BCUT2D eigenvalue weighted by Gasteiger charge is 2.35. The number of hydrogen-bond donors (Lipinski definition) is 0. The third kappa shape index (κ3) is 2.31. The fourth-order valence-corrected chi connectivity index (χ4v) is 3.61. The molecule has 0 unspecified atom stereocenters. The van der Waals surface area contributed by atoms with Gasteiger partial charge in [-0.05, 0) is 43.2 Å². The van der Waals surface area contributed by atoms with E-state index < -0.39 is 0 Å². The van der Waals surface area contributed by atoms with Gasteiger partial charge in [-0.2, -0.15) is 5.10 Å². The van der Waals surface area contributed by atoms with Crippen LogP contribution < -0.4 is 9.80 Å². The van der Waals surface area contributed by atoms with Crippen molar-refractivity contribution in [2.45, 2.75) is 18.9 Å². The molecule has 5 nitrogen and oxygen atoms in total. The Labute approximate surface area is 156 Å². The van der Waals surface area contributed by atoms with Gasteiger partial charge in [-0.25, -0.2) is 0 Å². The summed E-state index contributed by atoms with van der Waals surface area (Å²) in [7, 11) is 1.94. The Kier molecular flexibility index (Phi) is 3.34. The number of nitrogens with zero attached hydrogens (tertiary/aromatic N) is 4. The van der Waals surface area contributed by atoms with E-state index >= 15 is 0 Å². The van der Waals surface area contributed by atoms with Crippen LogP contribution in [-0.4, -0.2) is 22.7 Å². The van der Waals surface area contributed by atoms with Gasteiger partial charge in [0.05, 0.1) is 17.4 Å². The molecule has 0 radical (unpaired) electrons. The zero-order valence-electron chi connectivity index (χ0n) is 14.3. The van der Waals surface area contributed by atoms with E-state index in [-0.39, 0.29) is 5.91 Å². The fraction of sp³-hybridized carbons (Fsp3) is 0.200. The van der Waals surface area contributed by atoms with Gasteiger partial charge in [0, 0.05) is 24.0 Å². The maximum absolute atomic E-state index is 13.5. The van der Waals surface area contributed by atoms with E-state index in [2.05, 4.69) is 0 Å². The zero-order chi connectivity index (χ0) is 17.8. The summed E-state index contributed by atoms with van der Waals surface area (Å²) in [5.41, 5.74) is 3.07. The highest BCUT2D eigenvalue weighted by molar-refractivity contribution is 6.31. The quantitative estimate of drug-likeness (QED) is 0.647. The Morgan fingerprint density at radius 2 is 1.85 bits per heavy atom. The van der Waals surface area contributed by atoms with Crippen molar-refractivity contribution in [3.05, 3.63) is 65.3 Å². The summed E-state index contributed by atoms with van der Waals surface area (Å²) in [4.78, 5) is 17.2. The van der Waals surface area contributed by atoms with Gasteiger partial charge < -0.3 is 4.90 Å². The lowest BCUT2D eigenvalue weighted by Gasteiger charge is -2.25. The van der Waals surface area contributed by atoms with Crippen LogP contribution in [0.25, 0.3) is 0 Å². The van der Waals surface area contributed by atoms with E-state index in [1.807, 2.05) is 71.4 Å². The van der Waals surface area contributed by atoms with E-state index in [0.717, 1.165) is 29.9 Å². The summed E-state index contributed by atoms with van der Waals surface area (Å²) in [6.07, 6.45) is 4.12. The average Bonchev–Trinajstić information content (AvgIpc) is 3.41. The first-order valence-electron chi connectivity index (χ1n) is 8.65. The zero-order valence-corrected chi connectivity index (χ0v) is 15.0. The number of benzene rings is 2. The Morgan fingerprint density at radius 1 is 1.08 bits per heavy atom. The van der Waals surface area contributed by atoms with Crippen molar-refractivity contribution in [2.24, 2.45) is 0 Å². The summed E-state index contributed by atoms with van der Waals surface area (Å²) in [6.45, 7) is 0. The van der Waals surface area contributed by atoms with Crippen molar-refractivity contribution in [2.75, 3.05) is 16.8 Å². The number of para-hydroxylation sites is 1. The lowest BCUT2D eigenvalue weighted by atomic mass is 10.2. The smallest absolute Gasteiger partial charge is 0.268 e. The second kappa shape index (κ2) is 5.61. The molecule has 1 aromatic heterocycles. The molecule has 26 heavy (non-hydrogen) atoms. The second-order valence-electron chi connectivity index (χ2n) is 6.75. The molecule has 2 aliphatic rings. The summed E-state index contributed by atoms with van der Waals surface area (Å²) >= 11 is 6.26. The van der Waals surface area contributed by atoms with Crippen LogP contribution in [0.5, 0.6) is 0 Å². The minimum Gasteiger partial charge on any atom is -0.326 e. The van der Waals surface area contributed by atoms with Gasteiger partial charge >= 0.3 is 0 Å². The van der Waals surface area contributed by atoms with Crippen LogP contribution in [0, 0.1) is 0 Å². The Bertz CT molecular complexity index is 1010. The molecule has 1 saturated carbocycles. The molecule has 0 bridgehead atoms. The SMILES string of the molecule is CN1c2ccc(Cl)cc2N(c2ccccc2)C(=O)c2cn(C3CC3)nc21. The maximum atomic E-state index is 13.5. The van der Waals surface area contributed by atoms with E-state index in [4.69, 9.17) is 16.7 Å². The molecule has 1 aliphatic heterocycles. The van der Waals surface area contributed by atoms with Gasteiger partial charge in [-0.3, -0.25) is 14.4 Å². The van der Waals surface area contributed by atoms with E-state index in [1.165, 1.54) is 0 Å². The molecule has 2 heterocycles. The topological polar surface area (TPSA) is 41.4 Å². The number of amides is 1. The first-order valence-corrected chi connectivity index (χ1v) is 9.03. The molecular formula is C20H17ClN4O. The first kappa shape index (κ1) is 15.5. The molecule has 0 spiro atoms. The van der Waals surface area contributed by atoms with Crippen LogP contribution in [0.1, 0.15) is 29.2 Å². The van der Waals surface area contributed by atoms with Crippen LogP contribution >= 0.6 is 11.6 Å². The van der Waals surface area contributed by atoms with Crippen molar-refractivity contribution in [1.82, 2.24) is 9.78 Å². The third-order valence-corrected chi connectivity index (χ3v) is 5.17. The summed E-state index contributed by atoms with van der Waals surface area (Å²) in [5, 5.41) is 5.31. The van der Waals surface area contributed by atoms with E-state index in [0.29, 0.717) is 22.4 Å². The first-order chi connectivity index (χ1) is 12.6. The number of carbonyl (C=O) groups excluding carboxylic acids is 1. The lowest BCUT2D eigenvalue weighted by Crippen LogP contribution is -2.25. The second-order valence-corrected chi connectivity index (χ2v) is 7.18. The number of carbonyl (C=O) groups is 1. The molecular weight excluding hydrogens is 348 g/mol. The normalized spacial score (nSPS) is 16.3. The van der Waals surface area contributed by atoms with Gasteiger partial charge in [-0.15, -0.1) is 0 Å². The molecule has 0 N–H and O–H groups in total. The van der Waals surface area contributed by atoms with Gasteiger partial charge in [-0.1, -0.05) is 29.8 Å². The van der Waals surface area contributed by atoms with Crippen molar-refractivity contribution in [3.63, 3.8) is 0 Å². The molecule has 1 fully saturated rings. The standard InChI is InChI=1S/C20H17ClN4O/c1-23-17-10-7-13(21)11-18(17)25(15-5-3-2-4-6-15)20(26)16-12-24(14-8-9-14)22-19(16)23/h2-7,10-12,14H,8-9H2,1H3. The number of anilines is 4. The van der Waals surface area contributed by atoms with Crippen molar-refractivity contribution in [3.8, 4) is 0 Å². The molecule has 1 amide bonds. The molecule has 0 saturated heterocycles. The van der Waals surface area contributed by atoms with Gasteiger partial charge in [0.15, 0.2) is 5.82 Å². The monoisotopic (exact) mass is 364 g/mol.